The van der Waals surface area contributed by atoms with Gasteiger partial charge in [0.15, 0.2) is 0 Å². The van der Waals surface area contributed by atoms with Gasteiger partial charge in [0.2, 0.25) is 11.8 Å². The number of aromatic nitrogens is 2. The summed E-state index contributed by atoms with van der Waals surface area (Å²) in [6.45, 7) is 6.74. The number of carbonyl (C=O) groups excluding carboxylic acids is 2. The molecule has 1 aromatic carbocycles. The summed E-state index contributed by atoms with van der Waals surface area (Å²) in [6.07, 6.45) is 4.69. The first kappa shape index (κ1) is 20.6. The molecule has 6 nitrogen and oxygen atoms in total. The third-order valence-corrected chi connectivity index (χ3v) is 6.65. The summed E-state index contributed by atoms with van der Waals surface area (Å²) >= 11 is 0. The van der Waals surface area contributed by atoms with Crippen LogP contribution in [-0.4, -0.2) is 56.6 Å². The van der Waals surface area contributed by atoms with Crippen LogP contribution in [0.25, 0.3) is 0 Å². The van der Waals surface area contributed by atoms with Gasteiger partial charge in [0.25, 0.3) is 0 Å². The van der Waals surface area contributed by atoms with Crippen molar-refractivity contribution in [2.75, 3.05) is 19.6 Å². The maximum absolute atomic E-state index is 13.5. The Kier molecular flexibility index (Phi) is 5.93. The van der Waals surface area contributed by atoms with Crippen molar-refractivity contribution in [3.05, 3.63) is 53.3 Å². The van der Waals surface area contributed by atoms with Crippen LogP contribution in [0.5, 0.6) is 0 Å². The lowest BCUT2D eigenvalue weighted by atomic mass is 9.85. The van der Waals surface area contributed by atoms with E-state index in [1.165, 1.54) is 5.56 Å². The number of hydrogen-bond donors (Lipinski definition) is 0. The van der Waals surface area contributed by atoms with Crippen molar-refractivity contribution in [1.29, 1.82) is 0 Å². The summed E-state index contributed by atoms with van der Waals surface area (Å²) in [5.41, 5.74) is 2.65. The second-order valence-corrected chi connectivity index (χ2v) is 8.71. The lowest BCUT2D eigenvalue weighted by molar-refractivity contribution is -0.155. The minimum Gasteiger partial charge on any atom is -0.340 e. The normalized spacial score (nSPS) is 21.6. The summed E-state index contributed by atoms with van der Waals surface area (Å²) < 4.78 is 1.89. The summed E-state index contributed by atoms with van der Waals surface area (Å²) in [5.74, 6) is 0.236. The lowest BCUT2D eigenvalue weighted by Gasteiger charge is -2.44. The van der Waals surface area contributed by atoms with E-state index in [0.29, 0.717) is 19.5 Å². The number of nitrogens with zero attached hydrogens (tertiary/aromatic N) is 4. The minimum atomic E-state index is -0.624. The van der Waals surface area contributed by atoms with Crippen LogP contribution in [0.2, 0.25) is 0 Å². The average Bonchev–Trinajstić information content (AvgIpc) is 3.31. The molecule has 0 aliphatic carbocycles. The zero-order chi connectivity index (χ0) is 21.1. The fourth-order valence-electron chi connectivity index (χ4n) is 5.15. The molecule has 1 unspecified atom stereocenters. The number of rotatable bonds is 6. The van der Waals surface area contributed by atoms with Crippen LogP contribution in [0.4, 0.5) is 0 Å². The van der Waals surface area contributed by atoms with E-state index in [2.05, 4.69) is 17.2 Å². The molecular formula is C24H32N4O2. The Bertz CT molecular complexity index is 907. The molecule has 0 radical (unpaired) electrons. The van der Waals surface area contributed by atoms with Gasteiger partial charge in [-0.15, -0.1) is 0 Å². The first-order valence-corrected chi connectivity index (χ1v) is 11.1. The zero-order valence-corrected chi connectivity index (χ0v) is 18.1. The van der Waals surface area contributed by atoms with E-state index in [-0.39, 0.29) is 11.8 Å². The van der Waals surface area contributed by atoms with E-state index in [4.69, 9.17) is 0 Å². The topological polar surface area (TPSA) is 58.4 Å². The van der Waals surface area contributed by atoms with Crippen LogP contribution in [0, 0.1) is 13.8 Å². The molecule has 2 fully saturated rings. The molecule has 160 valence electrons. The number of amides is 2. The number of aryl methyl sites for hydroxylation is 3. The van der Waals surface area contributed by atoms with Gasteiger partial charge in [-0.05, 0) is 57.6 Å². The maximum Gasteiger partial charge on any atom is 0.248 e. The molecule has 0 saturated carbocycles. The number of hydrogen-bond acceptors (Lipinski definition) is 3. The third-order valence-electron chi connectivity index (χ3n) is 6.65. The van der Waals surface area contributed by atoms with Gasteiger partial charge in [-0.1, -0.05) is 30.3 Å². The van der Waals surface area contributed by atoms with Gasteiger partial charge < -0.3 is 9.80 Å². The molecular weight excluding hydrogens is 376 g/mol. The van der Waals surface area contributed by atoms with E-state index < -0.39 is 5.54 Å². The van der Waals surface area contributed by atoms with Gasteiger partial charge in [0.05, 0.1) is 5.69 Å². The molecule has 4 rings (SSSR count). The molecule has 1 aromatic heterocycles. The van der Waals surface area contributed by atoms with Crippen molar-refractivity contribution in [1.82, 2.24) is 19.6 Å². The number of likely N-dealkylation sites (tertiary alicyclic amines) is 2. The van der Waals surface area contributed by atoms with E-state index in [9.17, 15) is 9.59 Å². The SMILES string of the molecule is Cc1cc(C)n(CCC(=O)N2CCCC23CCCN(CCc2ccccc2)C3=O)n1. The first-order valence-electron chi connectivity index (χ1n) is 11.1. The van der Waals surface area contributed by atoms with E-state index in [1.807, 2.05) is 52.6 Å². The quantitative estimate of drug-likeness (QED) is 0.738. The largest absolute Gasteiger partial charge is 0.340 e. The van der Waals surface area contributed by atoms with Crippen LogP contribution >= 0.6 is 0 Å². The number of carbonyl (C=O) groups is 2. The highest BCUT2D eigenvalue weighted by molar-refractivity contribution is 5.92. The van der Waals surface area contributed by atoms with E-state index in [0.717, 1.165) is 56.6 Å². The van der Waals surface area contributed by atoms with Crippen LogP contribution in [-0.2, 0) is 22.6 Å². The average molecular weight is 409 g/mol. The first-order chi connectivity index (χ1) is 14.5. The fraction of sp³-hybridized carbons (Fsp3) is 0.542. The Hall–Kier alpha value is -2.63. The standard InChI is InChI=1S/C24H32N4O2/c1-19-18-20(2)28(25-19)17-11-22(29)27-15-7-13-24(27)12-6-14-26(23(24)30)16-10-21-8-4-3-5-9-21/h3-5,8-9,18H,6-7,10-17H2,1-2H3. The molecule has 2 aliphatic heterocycles. The summed E-state index contributed by atoms with van der Waals surface area (Å²) in [7, 11) is 0. The molecule has 2 aliphatic rings. The van der Waals surface area contributed by atoms with Gasteiger partial charge in [-0.25, -0.2) is 0 Å². The van der Waals surface area contributed by atoms with E-state index >= 15 is 0 Å². The summed E-state index contributed by atoms with van der Waals surface area (Å²) in [6, 6.07) is 12.3. The fourth-order valence-corrected chi connectivity index (χ4v) is 5.15. The molecule has 1 spiro atoms. The molecule has 2 amide bonds. The molecule has 30 heavy (non-hydrogen) atoms. The second-order valence-electron chi connectivity index (χ2n) is 8.71. The smallest absolute Gasteiger partial charge is 0.248 e. The minimum absolute atomic E-state index is 0.0818. The van der Waals surface area contributed by atoms with Gasteiger partial charge in [-0.3, -0.25) is 14.3 Å². The van der Waals surface area contributed by atoms with Crippen molar-refractivity contribution < 1.29 is 9.59 Å². The molecule has 0 bridgehead atoms. The van der Waals surface area contributed by atoms with E-state index in [1.54, 1.807) is 0 Å². The summed E-state index contributed by atoms with van der Waals surface area (Å²) in [5, 5.41) is 4.46. The second kappa shape index (κ2) is 8.62. The number of piperidine rings is 1. The predicted octanol–water partition coefficient (Wildman–Crippen LogP) is 3.12. The van der Waals surface area contributed by atoms with Gasteiger partial charge in [0, 0.05) is 38.3 Å². The molecule has 2 aromatic rings. The summed E-state index contributed by atoms with van der Waals surface area (Å²) in [4.78, 5) is 30.6. The maximum atomic E-state index is 13.5. The predicted molar refractivity (Wildman–Crippen MR) is 116 cm³/mol. The molecule has 3 heterocycles. The van der Waals surface area contributed by atoms with Crippen LogP contribution in [0.1, 0.15) is 49.1 Å². The van der Waals surface area contributed by atoms with Gasteiger partial charge in [0.1, 0.15) is 5.54 Å². The molecule has 6 heteroatoms. The van der Waals surface area contributed by atoms with Gasteiger partial charge >= 0.3 is 0 Å². The number of benzene rings is 1. The third kappa shape index (κ3) is 4.00. The van der Waals surface area contributed by atoms with Crippen LogP contribution in [0.3, 0.4) is 0 Å². The zero-order valence-electron chi connectivity index (χ0n) is 18.1. The Morgan fingerprint density at radius 2 is 1.80 bits per heavy atom. The Balaban J connectivity index is 1.42. The van der Waals surface area contributed by atoms with Crippen molar-refractivity contribution in [3.8, 4) is 0 Å². The lowest BCUT2D eigenvalue weighted by Crippen LogP contribution is -2.61. The Morgan fingerprint density at radius 3 is 2.50 bits per heavy atom. The molecule has 1 atom stereocenters. The highest BCUT2D eigenvalue weighted by Gasteiger charge is 2.52. The highest BCUT2D eigenvalue weighted by Crippen LogP contribution is 2.38. The van der Waals surface area contributed by atoms with Crippen molar-refractivity contribution in [3.63, 3.8) is 0 Å². The Labute approximate surface area is 178 Å². The highest BCUT2D eigenvalue weighted by atomic mass is 16.2. The van der Waals surface area contributed by atoms with Crippen LogP contribution < -0.4 is 0 Å². The molecule has 0 N–H and O–H groups in total. The van der Waals surface area contributed by atoms with Crippen molar-refractivity contribution >= 4 is 11.8 Å². The molecule has 2 saturated heterocycles. The van der Waals surface area contributed by atoms with Crippen LogP contribution in [0.15, 0.2) is 36.4 Å². The van der Waals surface area contributed by atoms with Crippen molar-refractivity contribution in [2.45, 2.75) is 64.5 Å². The van der Waals surface area contributed by atoms with Crippen molar-refractivity contribution in [2.24, 2.45) is 0 Å². The Morgan fingerprint density at radius 1 is 1.07 bits per heavy atom. The monoisotopic (exact) mass is 408 g/mol. The van der Waals surface area contributed by atoms with Gasteiger partial charge in [-0.2, -0.15) is 5.10 Å².